The number of nitrogens with one attached hydrogen (secondary N) is 2. The van der Waals surface area contributed by atoms with Gasteiger partial charge in [0.25, 0.3) is 15.9 Å². The molecule has 0 atom stereocenters. The van der Waals surface area contributed by atoms with Crippen LogP contribution in [-0.4, -0.2) is 28.0 Å². The minimum atomic E-state index is -3.68. The number of benzene rings is 3. The van der Waals surface area contributed by atoms with E-state index < -0.39 is 10.0 Å². The van der Waals surface area contributed by atoms with E-state index in [0.29, 0.717) is 22.9 Å². The van der Waals surface area contributed by atoms with Gasteiger partial charge in [-0.2, -0.15) is 0 Å². The zero-order chi connectivity index (χ0) is 21.6. The van der Waals surface area contributed by atoms with E-state index in [1.807, 2.05) is 6.92 Å². The largest absolute Gasteiger partial charge is 0.493 e. The standard InChI is InChI=1S/C22H22N2O5S/c1-16-7-13-19(14-8-16)30(26,27)24-18-11-9-17(10-12-18)23-22(25)15-29-21-6-4-3-5-20(21)28-2/h3-14,24H,15H2,1-2H3,(H,23,25). The van der Waals surface area contributed by atoms with Gasteiger partial charge in [-0.25, -0.2) is 8.42 Å². The van der Waals surface area contributed by atoms with Crippen LogP contribution in [0.4, 0.5) is 11.4 Å². The molecule has 0 bridgehead atoms. The third kappa shape index (κ3) is 5.51. The van der Waals surface area contributed by atoms with Crippen molar-refractivity contribution in [3.63, 3.8) is 0 Å². The number of carbonyl (C=O) groups excluding carboxylic acids is 1. The minimum Gasteiger partial charge on any atom is -0.493 e. The first-order valence-electron chi connectivity index (χ1n) is 9.12. The third-order valence-corrected chi connectivity index (χ3v) is 5.58. The van der Waals surface area contributed by atoms with E-state index in [4.69, 9.17) is 9.47 Å². The zero-order valence-corrected chi connectivity index (χ0v) is 17.4. The van der Waals surface area contributed by atoms with Gasteiger partial charge in [0.1, 0.15) is 0 Å². The summed E-state index contributed by atoms with van der Waals surface area (Å²) in [4.78, 5) is 12.3. The van der Waals surface area contributed by atoms with Crippen LogP contribution in [0.25, 0.3) is 0 Å². The number of rotatable bonds is 8. The van der Waals surface area contributed by atoms with E-state index >= 15 is 0 Å². The van der Waals surface area contributed by atoms with Crippen LogP contribution in [0.5, 0.6) is 11.5 Å². The van der Waals surface area contributed by atoms with Gasteiger partial charge in [-0.3, -0.25) is 9.52 Å². The van der Waals surface area contributed by atoms with Gasteiger partial charge in [0.2, 0.25) is 0 Å². The van der Waals surface area contributed by atoms with Gasteiger partial charge in [0.15, 0.2) is 18.1 Å². The maximum atomic E-state index is 12.4. The Morgan fingerprint density at radius 3 is 2.10 bits per heavy atom. The molecule has 1 amide bonds. The van der Waals surface area contributed by atoms with Crippen molar-refractivity contribution in [1.29, 1.82) is 0 Å². The van der Waals surface area contributed by atoms with Crippen molar-refractivity contribution in [2.24, 2.45) is 0 Å². The summed E-state index contributed by atoms with van der Waals surface area (Å²) in [5, 5.41) is 2.70. The predicted octanol–water partition coefficient (Wildman–Crippen LogP) is 3.82. The molecule has 0 aliphatic carbocycles. The molecule has 0 spiro atoms. The van der Waals surface area contributed by atoms with E-state index in [0.717, 1.165) is 5.56 Å². The maximum Gasteiger partial charge on any atom is 0.262 e. The molecular formula is C22H22N2O5S. The Balaban J connectivity index is 1.57. The van der Waals surface area contributed by atoms with Crippen molar-refractivity contribution < 1.29 is 22.7 Å². The molecule has 0 aliphatic heterocycles. The van der Waals surface area contributed by atoms with E-state index in [2.05, 4.69) is 10.0 Å². The molecule has 0 heterocycles. The van der Waals surface area contributed by atoms with Gasteiger partial charge >= 0.3 is 0 Å². The van der Waals surface area contributed by atoms with Gasteiger partial charge in [0.05, 0.1) is 12.0 Å². The van der Waals surface area contributed by atoms with Crippen LogP contribution in [0.2, 0.25) is 0 Å². The highest BCUT2D eigenvalue weighted by atomic mass is 32.2. The lowest BCUT2D eigenvalue weighted by Gasteiger charge is -2.11. The van der Waals surface area contributed by atoms with E-state index in [9.17, 15) is 13.2 Å². The number of methoxy groups -OCH3 is 1. The summed E-state index contributed by atoms with van der Waals surface area (Å²) in [7, 11) is -2.16. The van der Waals surface area contributed by atoms with Crippen molar-refractivity contribution in [1.82, 2.24) is 0 Å². The summed E-state index contributed by atoms with van der Waals surface area (Å²) < 4.78 is 38.0. The molecule has 2 N–H and O–H groups in total. The topological polar surface area (TPSA) is 93.7 Å². The predicted molar refractivity (Wildman–Crippen MR) is 116 cm³/mol. The fourth-order valence-electron chi connectivity index (χ4n) is 2.63. The zero-order valence-electron chi connectivity index (χ0n) is 16.6. The molecule has 0 saturated heterocycles. The summed E-state index contributed by atoms with van der Waals surface area (Å²) in [6.45, 7) is 1.69. The molecule has 0 fully saturated rings. The smallest absolute Gasteiger partial charge is 0.262 e. The fraction of sp³-hybridized carbons (Fsp3) is 0.136. The summed E-state index contributed by atoms with van der Waals surface area (Å²) in [5.74, 6) is 0.653. The summed E-state index contributed by atoms with van der Waals surface area (Å²) in [6, 6.07) is 20.0. The van der Waals surface area contributed by atoms with E-state index in [-0.39, 0.29) is 17.4 Å². The monoisotopic (exact) mass is 426 g/mol. The van der Waals surface area contributed by atoms with Crippen LogP contribution in [0.3, 0.4) is 0 Å². The van der Waals surface area contributed by atoms with Gasteiger partial charge < -0.3 is 14.8 Å². The molecule has 0 aromatic heterocycles. The van der Waals surface area contributed by atoms with Crippen LogP contribution in [0.15, 0.2) is 77.7 Å². The number of carbonyl (C=O) groups is 1. The molecule has 0 saturated carbocycles. The first-order valence-corrected chi connectivity index (χ1v) is 10.6. The molecular weight excluding hydrogens is 404 g/mol. The van der Waals surface area contributed by atoms with Crippen LogP contribution >= 0.6 is 0 Å². The number of aryl methyl sites for hydroxylation is 1. The highest BCUT2D eigenvalue weighted by Gasteiger charge is 2.14. The summed E-state index contributed by atoms with van der Waals surface area (Å²) in [5.41, 5.74) is 1.88. The lowest BCUT2D eigenvalue weighted by Crippen LogP contribution is -2.20. The number of ether oxygens (including phenoxy) is 2. The Hall–Kier alpha value is -3.52. The number of hydrogen-bond acceptors (Lipinski definition) is 5. The molecule has 3 rings (SSSR count). The summed E-state index contributed by atoms with van der Waals surface area (Å²) >= 11 is 0. The summed E-state index contributed by atoms with van der Waals surface area (Å²) in [6.07, 6.45) is 0. The molecule has 3 aromatic rings. The number of amides is 1. The first-order chi connectivity index (χ1) is 14.4. The van der Waals surface area contributed by atoms with Crippen LogP contribution in [0.1, 0.15) is 5.56 Å². The Morgan fingerprint density at radius 1 is 0.867 bits per heavy atom. The van der Waals surface area contributed by atoms with Crippen molar-refractivity contribution in [3.8, 4) is 11.5 Å². The molecule has 0 unspecified atom stereocenters. The Kier molecular flexibility index (Phi) is 6.58. The molecule has 3 aromatic carbocycles. The highest BCUT2D eigenvalue weighted by molar-refractivity contribution is 7.92. The normalized spacial score (nSPS) is 10.9. The second-order valence-corrected chi connectivity index (χ2v) is 8.17. The van der Waals surface area contributed by atoms with Crippen molar-refractivity contribution >= 4 is 27.3 Å². The van der Waals surface area contributed by atoms with Gasteiger partial charge in [-0.1, -0.05) is 29.8 Å². The molecule has 7 nitrogen and oxygen atoms in total. The van der Waals surface area contributed by atoms with Gasteiger partial charge in [-0.15, -0.1) is 0 Å². The molecule has 156 valence electrons. The maximum absolute atomic E-state index is 12.4. The highest BCUT2D eigenvalue weighted by Crippen LogP contribution is 2.25. The Morgan fingerprint density at radius 2 is 1.47 bits per heavy atom. The average molecular weight is 426 g/mol. The molecule has 30 heavy (non-hydrogen) atoms. The SMILES string of the molecule is COc1ccccc1OCC(=O)Nc1ccc(NS(=O)(=O)c2ccc(C)cc2)cc1. The minimum absolute atomic E-state index is 0.180. The quantitative estimate of drug-likeness (QED) is 0.571. The van der Waals surface area contributed by atoms with E-state index in [1.54, 1.807) is 72.8 Å². The lowest BCUT2D eigenvalue weighted by molar-refractivity contribution is -0.118. The van der Waals surface area contributed by atoms with Gasteiger partial charge in [-0.05, 0) is 55.5 Å². The van der Waals surface area contributed by atoms with Crippen molar-refractivity contribution in [2.45, 2.75) is 11.8 Å². The molecule has 0 radical (unpaired) electrons. The van der Waals surface area contributed by atoms with Crippen molar-refractivity contribution in [3.05, 3.63) is 78.4 Å². The van der Waals surface area contributed by atoms with Crippen LogP contribution in [0, 0.1) is 6.92 Å². The van der Waals surface area contributed by atoms with Crippen LogP contribution < -0.4 is 19.5 Å². The third-order valence-electron chi connectivity index (χ3n) is 4.18. The fourth-order valence-corrected chi connectivity index (χ4v) is 3.69. The average Bonchev–Trinajstić information content (AvgIpc) is 2.74. The number of hydrogen-bond donors (Lipinski definition) is 2. The Bertz CT molecular complexity index is 1110. The number of sulfonamides is 1. The first kappa shape index (κ1) is 21.2. The number of anilines is 2. The van der Waals surface area contributed by atoms with Gasteiger partial charge in [0, 0.05) is 11.4 Å². The second kappa shape index (κ2) is 9.32. The second-order valence-electron chi connectivity index (χ2n) is 6.48. The van der Waals surface area contributed by atoms with Crippen LogP contribution in [-0.2, 0) is 14.8 Å². The number of para-hydroxylation sites is 2. The molecule has 8 heteroatoms. The van der Waals surface area contributed by atoms with Crippen molar-refractivity contribution in [2.75, 3.05) is 23.8 Å². The Labute approximate surface area is 175 Å². The van der Waals surface area contributed by atoms with E-state index in [1.165, 1.54) is 7.11 Å². The lowest BCUT2D eigenvalue weighted by atomic mass is 10.2. The molecule has 0 aliphatic rings.